The number of rotatable bonds is 8. The average molecular weight is 256 g/mol. The van der Waals surface area contributed by atoms with E-state index in [-0.39, 0.29) is 11.3 Å². The summed E-state index contributed by atoms with van der Waals surface area (Å²) < 4.78 is 10.4. The summed E-state index contributed by atoms with van der Waals surface area (Å²) in [5.41, 5.74) is -0.302. The fraction of sp³-hybridized carbons (Fsp3) is 0.636. The van der Waals surface area contributed by atoms with E-state index in [1.807, 2.05) is 14.1 Å². The van der Waals surface area contributed by atoms with Crippen LogP contribution in [0.4, 0.5) is 5.82 Å². The van der Waals surface area contributed by atoms with E-state index in [4.69, 9.17) is 9.47 Å². The van der Waals surface area contributed by atoms with Gasteiger partial charge in [-0.15, -0.1) is 0 Å². The van der Waals surface area contributed by atoms with E-state index >= 15 is 0 Å². The number of hydrogen-bond donors (Lipinski definition) is 2. The molecule has 0 spiro atoms. The fourth-order valence-electron chi connectivity index (χ4n) is 1.29. The maximum atomic E-state index is 11.4. The van der Waals surface area contributed by atoms with Gasteiger partial charge in [-0.25, -0.2) is 4.98 Å². The third-order valence-electron chi connectivity index (χ3n) is 2.24. The van der Waals surface area contributed by atoms with Gasteiger partial charge in [-0.05, 0) is 14.1 Å². The number of anilines is 1. The van der Waals surface area contributed by atoms with Gasteiger partial charge in [-0.3, -0.25) is 4.79 Å². The zero-order chi connectivity index (χ0) is 13.4. The monoisotopic (exact) mass is 256 g/mol. The molecule has 0 fully saturated rings. The lowest BCUT2D eigenvalue weighted by Crippen LogP contribution is -2.21. The van der Waals surface area contributed by atoms with Crippen molar-refractivity contribution < 1.29 is 9.47 Å². The topological polar surface area (TPSA) is 79.5 Å². The van der Waals surface area contributed by atoms with Crippen LogP contribution in [0.25, 0.3) is 0 Å². The Bertz CT molecular complexity index is 406. The quantitative estimate of drug-likeness (QED) is 0.625. The smallest absolute Gasteiger partial charge is 0.295 e. The minimum absolute atomic E-state index is 0.186. The Hall–Kier alpha value is -1.60. The molecular formula is C11H20N4O3. The predicted molar refractivity (Wildman–Crippen MR) is 69.3 cm³/mol. The Labute approximate surface area is 106 Å². The van der Waals surface area contributed by atoms with Crippen LogP contribution in [0, 0.1) is 0 Å². The Morgan fingerprint density at radius 2 is 2.22 bits per heavy atom. The van der Waals surface area contributed by atoms with Crippen LogP contribution in [-0.4, -0.2) is 62.4 Å². The van der Waals surface area contributed by atoms with Crippen LogP contribution in [0.1, 0.15) is 0 Å². The van der Waals surface area contributed by atoms with Gasteiger partial charge in [0, 0.05) is 13.1 Å². The first-order chi connectivity index (χ1) is 8.65. The van der Waals surface area contributed by atoms with Crippen LogP contribution in [0.3, 0.4) is 0 Å². The molecule has 7 nitrogen and oxygen atoms in total. The summed E-state index contributed by atoms with van der Waals surface area (Å²) in [4.78, 5) is 19.9. The number of H-pyrrole nitrogens is 1. The van der Waals surface area contributed by atoms with E-state index in [0.717, 1.165) is 6.54 Å². The number of likely N-dealkylation sites (N-methyl/N-ethyl adjacent to an activating group) is 1. The number of nitrogens with one attached hydrogen (secondary N) is 2. The highest BCUT2D eigenvalue weighted by Crippen LogP contribution is 2.13. The number of hydrogen-bond acceptors (Lipinski definition) is 6. The second kappa shape index (κ2) is 7.67. The van der Waals surface area contributed by atoms with Gasteiger partial charge in [0.25, 0.3) is 5.56 Å². The maximum absolute atomic E-state index is 11.4. The third kappa shape index (κ3) is 4.72. The molecule has 0 radical (unpaired) electrons. The maximum Gasteiger partial charge on any atom is 0.295 e. The van der Waals surface area contributed by atoms with E-state index in [2.05, 4.69) is 20.2 Å². The lowest BCUT2D eigenvalue weighted by atomic mass is 10.5. The summed E-state index contributed by atoms with van der Waals surface area (Å²) in [6.45, 7) is 2.67. The summed E-state index contributed by atoms with van der Waals surface area (Å²) in [6, 6.07) is 0. The molecule has 0 saturated carbocycles. The van der Waals surface area contributed by atoms with Crippen LogP contribution in [-0.2, 0) is 4.74 Å². The Balaban J connectivity index is 2.31. The molecule has 0 atom stereocenters. The van der Waals surface area contributed by atoms with Crippen molar-refractivity contribution in [3.63, 3.8) is 0 Å². The van der Waals surface area contributed by atoms with Gasteiger partial charge in [0.05, 0.1) is 26.7 Å². The first-order valence-electron chi connectivity index (χ1n) is 5.73. The van der Waals surface area contributed by atoms with Gasteiger partial charge in [0.15, 0.2) is 5.82 Å². The molecule has 1 rings (SSSR count). The molecule has 0 aromatic carbocycles. The fourth-order valence-corrected chi connectivity index (χ4v) is 1.29. The Morgan fingerprint density at radius 1 is 1.44 bits per heavy atom. The zero-order valence-corrected chi connectivity index (χ0v) is 11.0. The van der Waals surface area contributed by atoms with Crippen LogP contribution in [0.5, 0.6) is 5.75 Å². The number of methoxy groups -OCH3 is 1. The number of aromatic nitrogens is 2. The van der Waals surface area contributed by atoms with Crippen molar-refractivity contribution in [1.29, 1.82) is 0 Å². The van der Waals surface area contributed by atoms with Crippen molar-refractivity contribution in [2.45, 2.75) is 0 Å². The van der Waals surface area contributed by atoms with Crippen molar-refractivity contribution in [2.24, 2.45) is 0 Å². The van der Waals surface area contributed by atoms with E-state index in [0.29, 0.717) is 25.6 Å². The highest BCUT2D eigenvalue weighted by molar-refractivity contribution is 5.47. The summed E-state index contributed by atoms with van der Waals surface area (Å²) >= 11 is 0. The van der Waals surface area contributed by atoms with Crippen molar-refractivity contribution in [2.75, 3.05) is 52.8 Å². The lowest BCUT2D eigenvalue weighted by molar-refractivity contribution is 0.126. The van der Waals surface area contributed by atoms with Crippen molar-refractivity contribution >= 4 is 5.82 Å². The van der Waals surface area contributed by atoms with E-state index in [1.165, 1.54) is 13.4 Å². The summed E-state index contributed by atoms with van der Waals surface area (Å²) in [6.07, 6.45) is 1.33. The second-order valence-electron chi connectivity index (χ2n) is 3.96. The molecule has 0 bridgehead atoms. The van der Waals surface area contributed by atoms with E-state index < -0.39 is 0 Å². The predicted octanol–water partition coefficient (Wildman–Crippen LogP) is -0.231. The lowest BCUT2D eigenvalue weighted by Gasteiger charge is -2.11. The van der Waals surface area contributed by atoms with Gasteiger partial charge < -0.3 is 24.7 Å². The van der Waals surface area contributed by atoms with E-state index in [9.17, 15) is 4.79 Å². The molecule has 0 amide bonds. The zero-order valence-electron chi connectivity index (χ0n) is 11.0. The molecule has 7 heteroatoms. The van der Waals surface area contributed by atoms with Crippen LogP contribution >= 0.6 is 0 Å². The molecule has 102 valence electrons. The second-order valence-corrected chi connectivity index (χ2v) is 3.96. The molecular weight excluding hydrogens is 236 g/mol. The van der Waals surface area contributed by atoms with Crippen LogP contribution in [0.15, 0.2) is 11.1 Å². The SMILES string of the molecule is COc1c(NCCOCCN(C)C)nc[nH]c1=O. The normalized spacial score (nSPS) is 10.7. The molecule has 1 heterocycles. The standard InChI is InChI=1S/C11H20N4O3/c1-15(2)5-7-18-6-4-12-10-9(17-3)11(16)14-8-13-10/h8H,4-7H2,1-3H3,(H2,12,13,14,16). The Kier molecular flexibility index (Phi) is 6.16. The van der Waals surface area contributed by atoms with Crippen LogP contribution in [0.2, 0.25) is 0 Å². The molecule has 0 aliphatic heterocycles. The highest BCUT2D eigenvalue weighted by atomic mass is 16.5. The first kappa shape index (κ1) is 14.5. The van der Waals surface area contributed by atoms with Gasteiger partial charge in [-0.2, -0.15) is 0 Å². The molecule has 0 unspecified atom stereocenters. The van der Waals surface area contributed by atoms with Crippen molar-refractivity contribution in [1.82, 2.24) is 14.9 Å². The van der Waals surface area contributed by atoms with Crippen molar-refractivity contribution in [3.05, 3.63) is 16.7 Å². The minimum Gasteiger partial charge on any atom is -0.489 e. The first-order valence-corrected chi connectivity index (χ1v) is 5.73. The minimum atomic E-state index is -0.302. The van der Waals surface area contributed by atoms with Gasteiger partial charge in [0.1, 0.15) is 0 Å². The summed E-state index contributed by atoms with van der Waals surface area (Å²) in [5.74, 6) is 0.614. The molecule has 18 heavy (non-hydrogen) atoms. The molecule has 1 aromatic rings. The average Bonchev–Trinajstić information content (AvgIpc) is 2.33. The number of ether oxygens (including phenoxy) is 2. The Morgan fingerprint density at radius 3 is 2.89 bits per heavy atom. The summed E-state index contributed by atoms with van der Waals surface area (Å²) in [5, 5.41) is 3.00. The van der Waals surface area contributed by atoms with Crippen molar-refractivity contribution in [3.8, 4) is 5.75 Å². The largest absolute Gasteiger partial charge is 0.489 e. The number of aromatic amines is 1. The number of nitrogens with zero attached hydrogens (tertiary/aromatic N) is 2. The summed E-state index contributed by atoms with van der Waals surface area (Å²) in [7, 11) is 5.42. The molecule has 0 saturated heterocycles. The van der Waals surface area contributed by atoms with Gasteiger partial charge in [0.2, 0.25) is 5.75 Å². The highest BCUT2D eigenvalue weighted by Gasteiger charge is 2.07. The molecule has 0 aliphatic carbocycles. The molecule has 0 aliphatic rings. The van der Waals surface area contributed by atoms with Gasteiger partial charge in [-0.1, -0.05) is 0 Å². The third-order valence-corrected chi connectivity index (χ3v) is 2.24. The molecule has 1 aromatic heterocycles. The van der Waals surface area contributed by atoms with E-state index in [1.54, 1.807) is 0 Å². The van der Waals surface area contributed by atoms with Crippen LogP contribution < -0.4 is 15.6 Å². The van der Waals surface area contributed by atoms with Gasteiger partial charge >= 0.3 is 0 Å². The molecule has 2 N–H and O–H groups in total.